The highest BCUT2D eigenvalue weighted by Crippen LogP contribution is 2.17. The normalized spacial score (nSPS) is 12.4. The van der Waals surface area contributed by atoms with Crippen molar-refractivity contribution in [1.82, 2.24) is 10.9 Å². The average Bonchev–Trinajstić information content (AvgIpc) is 1.92. The molecule has 0 aromatic heterocycles. The van der Waals surface area contributed by atoms with E-state index in [1.807, 2.05) is 5.43 Å². The third-order valence-corrected chi connectivity index (χ3v) is 1.12. The van der Waals surface area contributed by atoms with E-state index in [0.29, 0.717) is 0 Å². The largest absolute Gasteiger partial charge is 0.443 e. The van der Waals surface area contributed by atoms with Gasteiger partial charge in [0.05, 0.1) is 6.42 Å². The van der Waals surface area contributed by atoms with Gasteiger partial charge in [-0.15, -0.1) is 0 Å². The summed E-state index contributed by atoms with van der Waals surface area (Å²) in [4.78, 5) is 10.9. The van der Waals surface area contributed by atoms with Crippen molar-refractivity contribution in [3.8, 4) is 0 Å². The molecule has 90 valence electrons. The molecular formula is C8H15F3N2O2. The van der Waals surface area contributed by atoms with Crippen molar-refractivity contribution >= 4 is 6.09 Å². The van der Waals surface area contributed by atoms with Crippen LogP contribution in [0.15, 0.2) is 0 Å². The van der Waals surface area contributed by atoms with E-state index in [0.717, 1.165) is 0 Å². The molecule has 0 aromatic carbocycles. The zero-order chi connectivity index (χ0) is 12.1. The summed E-state index contributed by atoms with van der Waals surface area (Å²) >= 11 is 0. The Morgan fingerprint density at radius 1 is 1.27 bits per heavy atom. The highest BCUT2D eigenvalue weighted by molar-refractivity contribution is 5.66. The molecule has 0 heterocycles. The minimum atomic E-state index is -4.23. The Kier molecular flexibility index (Phi) is 4.86. The van der Waals surface area contributed by atoms with E-state index in [1.54, 1.807) is 20.8 Å². The third kappa shape index (κ3) is 10.9. The van der Waals surface area contributed by atoms with E-state index in [2.05, 4.69) is 5.43 Å². The van der Waals surface area contributed by atoms with Gasteiger partial charge in [0.15, 0.2) is 0 Å². The van der Waals surface area contributed by atoms with E-state index < -0.39 is 24.3 Å². The van der Waals surface area contributed by atoms with Gasteiger partial charge in [0.2, 0.25) is 0 Å². The summed E-state index contributed by atoms with van der Waals surface area (Å²) in [5.74, 6) is 0. The Morgan fingerprint density at radius 3 is 2.20 bits per heavy atom. The molecule has 0 radical (unpaired) electrons. The predicted octanol–water partition coefficient (Wildman–Crippen LogP) is 1.97. The van der Waals surface area contributed by atoms with Gasteiger partial charge in [0.25, 0.3) is 0 Å². The smallest absolute Gasteiger partial charge is 0.422 e. The molecule has 0 fully saturated rings. The molecule has 1 amide bonds. The number of nitrogens with one attached hydrogen (secondary N) is 2. The van der Waals surface area contributed by atoms with Gasteiger partial charge in [-0.05, 0) is 20.8 Å². The number of rotatable bonds is 3. The number of amides is 1. The Morgan fingerprint density at radius 2 is 1.80 bits per heavy atom. The van der Waals surface area contributed by atoms with E-state index >= 15 is 0 Å². The summed E-state index contributed by atoms with van der Waals surface area (Å²) < 4.78 is 39.8. The molecule has 0 rings (SSSR count). The Bertz CT molecular complexity index is 211. The lowest BCUT2D eigenvalue weighted by atomic mass is 10.2. The fourth-order valence-corrected chi connectivity index (χ4v) is 0.643. The summed E-state index contributed by atoms with van der Waals surface area (Å²) in [6.07, 6.45) is -6.05. The van der Waals surface area contributed by atoms with Gasteiger partial charge in [-0.3, -0.25) is 5.43 Å². The molecule has 4 nitrogen and oxygen atoms in total. The molecule has 0 bridgehead atoms. The van der Waals surface area contributed by atoms with Crippen molar-refractivity contribution in [2.45, 2.75) is 39.0 Å². The topological polar surface area (TPSA) is 50.4 Å². The summed E-state index contributed by atoms with van der Waals surface area (Å²) in [6.45, 7) is 4.58. The first-order valence-corrected chi connectivity index (χ1v) is 4.39. The van der Waals surface area contributed by atoms with Crippen LogP contribution in [0.4, 0.5) is 18.0 Å². The van der Waals surface area contributed by atoms with Gasteiger partial charge in [0.1, 0.15) is 5.60 Å². The van der Waals surface area contributed by atoms with Crippen LogP contribution in [-0.4, -0.2) is 24.4 Å². The van der Waals surface area contributed by atoms with Crippen molar-refractivity contribution in [2.75, 3.05) is 6.54 Å². The maximum absolute atomic E-state index is 11.7. The first-order chi connectivity index (χ1) is 6.60. The molecule has 7 heteroatoms. The fraction of sp³-hybridized carbons (Fsp3) is 0.875. The van der Waals surface area contributed by atoms with E-state index in [4.69, 9.17) is 4.74 Å². The zero-order valence-corrected chi connectivity index (χ0v) is 8.86. The molecule has 0 aliphatic rings. The Balaban J connectivity index is 3.57. The number of carbonyl (C=O) groups is 1. The number of alkyl halides is 3. The van der Waals surface area contributed by atoms with Gasteiger partial charge in [-0.2, -0.15) is 13.2 Å². The maximum Gasteiger partial charge on any atom is 0.422 e. The van der Waals surface area contributed by atoms with Crippen LogP contribution in [-0.2, 0) is 4.74 Å². The lowest BCUT2D eigenvalue weighted by molar-refractivity contribution is -0.133. The molecule has 15 heavy (non-hydrogen) atoms. The first kappa shape index (κ1) is 14.0. The van der Waals surface area contributed by atoms with Gasteiger partial charge < -0.3 is 4.74 Å². The lowest BCUT2D eigenvalue weighted by Crippen LogP contribution is -2.42. The molecular weight excluding hydrogens is 213 g/mol. The second-order valence-electron chi connectivity index (χ2n) is 3.92. The molecule has 2 N–H and O–H groups in total. The van der Waals surface area contributed by atoms with Crippen LogP contribution in [0.3, 0.4) is 0 Å². The number of hydrogen-bond acceptors (Lipinski definition) is 3. The second-order valence-corrected chi connectivity index (χ2v) is 3.92. The summed E-state index contributed by atoms with van der Waals surface area (Å²) in [5, 5.41) is 0. The molecule has 0 atom stereocenters. The van der Waals surface area contributed by atoms with Crippen LogP contribution in [0.25, 0.3) is 0 Å². The average molecular weight is 228 g/mol. The summed E-state index contributed by atoms with van der Waals surface area (Å²) in [5.41, 5.74) is 3.45. The minimum Gasteiger partial charge on any atom is -0.443 e. The van der Waals surface area contributed by atoms with Crippen LogP contribution in [0, 0.1) is 0 Å². The number of hydrazine groups is 1. The number of hydrogen-bond donors (Lipinski definition) is 2. The SMILES string of the molecule is CC(C)(C)OC(=O)NNCCC(F)(F)F. The van der Waals surface area contributed by atoms with Crippen molar-refractivity contribution in [3.63, 3.8) is 0 Å². The fourth-order valence-electron chi connectivity index (χ4n) is 0.643. The summed E-state index contributed by atoms with van der Waals surface area (Å²) in [6, 6.07) is 0. The Hall–Kier alpha value is -0.980. The number of carbonyl (C=O) groups excluding carboxylic acids is 1. The number of halogens is 3. The van der Waals surface area contributed by atoms with Crippen LogP contribution in [0.5, 0.6) is 0 Å². The van der Waals surface area contributed by atoms with Crippen LogP contribution < -0.4 is 10.9 Å². The monoisotopic (exact) mass is 228 g/mol. The van der Waals surface area contributed by atoms with Gasteiger partial charge in [-0.1, -0.05) is 0 Å². The molecule has 0 saturated carbocycles. The highest BCUT2D eigenvalue weighted by Gasteiger charge is 2.26. The highest BCUT2D eigenvalue weighted by atomic mass is 19.4. The molecule has 0 spiro atoms. The van der Waals surface area contributed by atoms with Crippen molar-refractivity contribution in [2.24, 2.45) is 0 Å². The molecule has 0 aromatic rings. The first-order valence-electron chi connectivity index (χ1n) is 4.39. The molecule has 0 unspecified atom stereocenters. The second kappa shape index (κ2) is 5.20. The van der Waals surface area contributed by atoms with E-state index in [9.17, 15) is 18.0 Å². The van der Waals surface area contributed by atoms with Crippen molar-refractivity contribution in [1.29, 1.82) is 0 Å². The lowest BCUT2D eigenvalue weighted by Gasteiger charge is -2.19. The van der Waals surface area contributed by atoms with Gasteiger partial charge >= 0.3 is 12.3 Å². The molecule has 0 saturated heterocycles. The van der Waals surface area contributed by atoms with Gasteiger partial charge in [-0.25, -0.2) is 10.2 Å². The standard InChI is InChI=1S/C8H15F3N2O2/c1-7(2,3)15-6(14)13-12-5-4-8(9,10)11/h12H,4-5H2,1-3H3,(H,13,14). The Labute approximate surface area is 86.1 Å². The van der Waals surface area contributed by atoms with E-state index in [1.165, 1.54) is 0 Å². The van der Waals surface area contributed by atoms with Crippen LogP contribution in [0.1, 0.15) is 27.2 Å². The molecule has 0 aliphatic heterocycles. The van der Waals surface area contributed by atoms with Crippen molar-refractivity contribution in [3.05, 3.63) is 0 Å². The third-order valence-electron chi connectivity index (χ3n) is 1.12. The van der Waals surface area contributed by atoms with Crippen molar-refractivity contribution < 1.29 is 22.7 Å². The quantitative estimate of drug-likeness (QED) is 0.573. The zero-order valence-electron chi connectivity index (χ0n) is 8.86. The predicted molar refractivity (Wildman–Crippen MR) is 48.0 cm³/mol. The number of ether oxygens (including phenoxy) is 1. The van der Waals surface area contributed by atoms with Crippen LogP contribution >= 0.6 is 0 Å². The van der Waals surface area contributed by atoms with Gasteiger partial charge in [0, 0.05) is 6.54 Å². The maximum atomic E-state index is 11.7. The molecule has 0 aliphatic carbocycles. The van der Waals surface area contributed by atoms with E-state index in [-0.39, 0.29) is 6.54 Å². The van der Waals surface area contributed by atoms with Crippen LogP contribution in [0.2, 0.25) is 0 Å². The summed E-state index contributed by atoms with van der Waals surface area (Å²) in [7, 11) is 0. The minimum absolute atomic E-state index is 0.386.